The number of rotatable bonds is 3. The number of carbonyl (C=O) groups excluding carboxylic acids is 1. The number of aromatic nitrogens is 4. The quantitative estimate of drug-likeness (QED) is 0.789. The minimum absolute atomic E-state index is 0.148. The van der Waals surface area contributed by atoms with Crippen LogP contribution in [0, 0.1) is 5.92 Å². The molecule has 1 saturated heterocycles. The lowest BCUT2D eigenvalue weighted by Crippen LogP contribution is -2.46. The van der Waals surface area contributed by atoms with E-state index in [9.17, 15) is 4.79 Å². The zero-order chi connectivity index (χ0) is 17.4. The zero-order valence-electron chi connectivity index (χ0n) is 14.0. The van der Waals surface area contributed by atoms with E-state index in [0.29, 0.717) is 6.54 Å². The molecule has 2 N–H and O–H groups in total. The van der Waals surface area contributed by atoms with Gasteiger partial charge in [0.15, 0.2) is 5.65 Å². The number of carbonyl (C=O) groups is 1. The summed E-state index contributed by atoms with van der Waals surface area (Å²) in [6, 6.07) is 10.2. The van der Waals surface area contributed by atoms with Crippen LogP contribution < -0.4 is 10.6 Å². The Kier molecular flexibility index (Phi) is 3.83. The molecule has 3 heterocycles. The van der Waals surface area contributed by atoms with E-state index in [4.69, 9.17) is 5.73 Å². The third kappa shape index (κ3) is 2.71. The molecule has 2 atom stereocenters. The fraction of sp³-hybridized carbons (Fsp3) is 0.333. The molecule has 0 radical (unpaired) electrons. The van der Waals surface area contributed by atoms with E-state index in [0.717, 1.165) is 35.4 Å². The Morgan fingerprint density at radius 1 is 1.20 bits per heavy atom. The van der Waals surface area contributed by atoms with E-state index in [1.807, 2.05) is 30.3 Å². The number of primary amides is 1. The van der Waals surface area contributed by atoms with E-state index in [1.54, 1.807) is 17.2 Å². The van der Waals surface area contributed by atoms with Gasteiger partial charge in [0.05, 0.1) is 23.2 Å². The number of benzene rings is 1. The highest BCUT2D eigenvalue weighted by atomic mass is 16.1. The number of hydrogen-bond donors (Lipinski definition) is 1. The van der Waals surface area contributed by atoms with Gasteiger partial charge in [0.25, 0.3) is 0 Å². The summed E-state index contributed by atoms with van der Waals surface area (Å²) in [5, 5.41) is 5.37. The van der Waals surface area contributed by atoms with Crippen molar-refractivity contribution in [2.75, 3.05) is 11.4 Å². The molecule has 2 unspecified atom stereocenters. The van der Waals surface area contributed by atoms with E-state index in [2.05, 4.69) is 26.9 Å². The Morgan fingerprint density at radius 3 is 2.76 bits per heavy atom. The number of anilines is 1. The number of hydrogen-bond acceptors (Lipinski definition) is 5. The Balaban J connectivity index is 1.78. The molecule has 25 heavy (non-hydrogen) atoms. The summed E-state index contributed by atoms with van der Waals surface area (Å²) in [5.74, 6) is 0.415. The number of piperidine rings is 1. The van der Waals surface area contributed by atoms with Crippen molar-refractivity contribution in [1.29, 1.82) is 0 Å². The lowest BCUT2D eigenvalue weighted by atomic mass is 9.93. The molecule has 7 nitrogen and oxygen atoms in total. The van der Waals surface area contributed by atoms with Gasteiger partial charge in [-0.1, -0.05) is 18.2 Å². The predicted molar refractivity (Wildman–Crippen MR) is 95.4 cm³/mol. The highest BCUT2D eigenvalue weighted by Crippen LogP contribution is 2.31. The maximum atomic E-state index is 11.6. The summed E-state index contributed by atoms with van der Waals surface area (Å²) in [6.07, 6.45) is 5.08. The topological polar surface area (TPSA) is 89.9 Å². The third-order valence-electron chi connectivity index (χ3n) is 4.90. The van der Waals surface area contributed by atoms with Gasteiger partial charge < -0.3 is 10.6 Å². The van der Waals surface area contributed by atoms with Crippen LogP contribution in [0.5, 0.6) is 0 Å². The zero-order valence-corrected chi connectivity index (χ0v) is 14.0. The summed E-state index contributed by atoms with van der Waals surface area (Å²) >= 11 is 0. The van der Waals surface area contributed by atoms with Crippen molar-refractivity contribution in [3.8, 4) is 5.69 Å². The van der Waals surface area contributed by atoms with E-state index in [-0.39, 0.29) is 17.9 Å². The first-order valence-corrected chi connectivity index (χ1v) is 8.45. The number of nitrogens with two attached hydrogens (primary N) is 1. The summed E-state index contributed by atoms with van der Waals surface area (Å²) in [7, 11) is 0. The van der Waals surface area contributed by atoms with Crippen molar-refractivity contribution in [2.24, 2.45) is 11.7 Å². The molecule has 2 aromatic heterocycles. The molecule has 3 aromatic rings. The third-order valence-corrected chi connectivity index (χ3v) is 4.90. The van der Waals surface area contributed by atoms with Crippen LogP contribution >= 0.6 is 0 Å². The normalized spacial score (nSPS) is 20.8. The van der Waals surface area contributed by atoms with Crippen LogP contribution in [0.2, 0.25) is 0 Å². The highest BCUT2D eigenvalue weighted by molar-refractivity contribution is 5.88. The highest BCUT2D eigenvalue weighted by Gasteiger charge is 2.30. The number of para-hydroxylation sites is 1. The second-order valence-corrected chi connectivity index (χ2v) is 6.50. The van der Waals surface area contributed by atoms with E-state index >= 15 is 0 Å². The average Bonchev–Trinajstić information content (AvgIpc) is 3.07. The number of fused-ring (bicyclic) bond motifs is 1. The van der Waals surface area contributed by atoms with Crippen LogP contribution in [0.3, 0.4) is 0 Å². The Hall–Kier alpha value is -2.96. The first-order valence-electron chi connectivity index (χ1n) is 8.45. The SMILES string of the molecule is CC1CCC(C(N)=O)CN1c1ncnc2c1cnn2-c1ccccc1. The molecule has 128 valence electrons. The minimum Gasteiger partial charge on any atom is -0.369 e. The molecule has 7 heteroatoms. The largest absolute Gasteiger partial charge is 0.369 e. The smallest absolute Gasteiger partial charge is 0.222 e. The van der Waals surface area contributed by atoms with Gasteiger partial charge in [-0.15, -0.1) is 0 Å². The second kappa shape index (κ2) is 6.16. The average molecular weight is 336 g/mol. The van der Waals surface area contributed by atoms with Crippen molar-refractivity contribution in [3.63, 3.8) is 0 Å². The van der Waals surface area contributed by atoms with Gasteiger partial charge in [0.1, 0.15) is 12.1 Å². The van der Waals surface area contributed by atoms with Gasteiger partial charge >= 0.3 is 0 Å². The molecule has 4 rings (SSSR count). The maximum absolute atomic E-state index is 11.6. The Morgan fingerprint density at radius 2 is 2.00 bits per heavy atom. The lowest BCUT2D eigenvalue weighted by molar-refractivity contribution is -0.122. The van der Waals surface area contributed by atoms with Gasteiger partial charge in [-0.25, -0.2) is 14.6 Å². The van der Waals surface area contributed by atoms with Crippen molar-refractivity contribution in [1.82, 2.24) is 19.7 Å². The fourth-order valence-corrected chi connectivity index (χ4v) is 3.45. The van der Waals surface area contributed by atoms with Crippen LogP contribution in [-0.4, -0.2) is 38.2 Å². The van der Waals surface area contributed by atoms with E-state index in [1.165, 1.54) is 0 Å². The fourth-order valence-electron chi connectivity index (χ4n) is 3.45. The van der Waals surface area contributed by atoms with Crippen molar-refractivity contribution < 1.29 is 4.79 Å². The van der Waals surface area contributed by atoms with Crippen LogP contribution in [0.15, 0.2) is 42.9 Å². The number of amides is 1. The van der Waals surface area contributed by atoms with Gasteiger partial charge in [-0.2, -0.15) is 5.10 Å². The van der Waals surface area contributed by atoms with Crippen molar-refractivity contribution in [2.45, 2.75) is 25.8 Å². The molecule has 0 bridgehead atoms. The lowest BCUT2D eigenvalue weighted by Gasteiger charge is -2.37. The monoisotopic (exact) mass is 336 g/mol. The molecule has 1 aliphatic rings. The van der Waals surface area contributed by atoms with Gasteiger partial charge in [0.2, 0.25) is 5.91 Å². The molecule has 0 spiro atoms. The summed E-state index contributed by atoms with van der Waals surface area (Å²) in [6.45, 7) is 2.73. The molecule has 1 fully saturated rings. The first kappa shape index (κ1) is 15.6. The Labute approximate surface area is 145 Å². The van der Waals surface area contributed by atoms with Crippen molar-refractivity contribution >= 4 is 22.8 Å². The molecular weight excluding hydrogens is 316 g/mol. The van der Waals surface area contributed by atoms with Crippen LogP contribution in [0.1, 0.15) is 19.8 Å². The van der Waals surface area contributed by atoms with Gasteiger partial charge in [-0.05, 0) is 31.9 Å². The molecule has 1 aliphatic heterocycles. The van der Waals surface area contributed by atoms with E-state index < -0.39 is 0 Å². The first-order chi connectivity index (χ1) is 12.1. The van der Waals surface area contributed by atoms with Crippen molar-refractivity contribution in [3.05, 3.63) is 42.9 Å². The Bertz CT molecular complexity index is 906. The van der Waals surface area contributed by atoms with Crippen LogP contribution in [-0.2, 0) is 4.79 Å². The molecule has 0 aliphatic carbocycles. The molecule has 0 saturated carbocycles. The van der Waals surface area contributed by atoms with Gasteiger partial charge in [-0.3, -0.25) is 4.79 Å². The minimum atomic E-state index is -0.248. The van der Waals surface area contributed by atoms with Crippen LogP contribution in [0.4, 0.5) is 5.82 Å². The maximum Gasteiger partial charge on any atom is 0.222 e. The molecule has 1 aromatic carbocycles. The van der Waals surface area contributed by atoms with Crippen LogP contribution in [0.25, 0.3) is 16.7 Å². The standard InChI is InChI=1S/C18H20N6O/c1-12-7-8-13(16(19)25)10-23(12)17-15-9-22-24(18(15)21-11-20-17)14-5-3-2-4-6-14/h2-6,9,11-13H,7-8,10H2,1H3,(H2,19,25). The molecule has 1 amide bonds. The second-order valence-electron chi connectivity index (χ2n) is 6.50. The predicted octanol–water partition coefficient (Wildman–Crippen LogP) is 1.91. The summed E-state index contributed by atoms with van der Waals surface area (Å²) in [5.41, 5.74) is 7.23. The molecular formula is C18H20N6O. The summed E-state index contributed by atoms with van der Waals surface area (Å²) in [4.78, 5) is 22.7. The van der Waals surface area contributed by atoms with Gasteiger partial charge in [0, 0.05) is 12.6 Å². The number of nitrogens with zero attached hydrogens (tertiary/aromatic N) is 5. The summed E-state index contributed by atoms with van der Waals surface area (Å²) < 4.78 is 1.81.